The average Bonchev–Trinajstić information content (AvgIpc) is 3.09. The Morgan fingerprint density at radius 3 is 2.56 bits per heavy atom. The first-order valence-electron chi connectivity index (χ1n) is 10.4. The molecular weight excluding hydrogens is 407 g/mol. The minimum Gasteiger partial charge on any atom is -0.481 e. The van der Waals surface area contributed by atoms with E-state index in [1.165, 1.54) is 17.7 Å². The number of nitrogens with one attached hydrogen (secondary N) is 1. The Kier molecular flexibility index (Phi) is 5.90. The SMILES string of the molecule is COc1nc2c(c(C)nn2-c2ccc(C)cc2)c(C)c1CCC(=O)Nc1cccc(F)c1. The second kappa shape index (κ2) is 8.78. The van der Waals surface area contributed by atoms with Crippen molar-refractivity contribution in [1.82, 2.24) is 14.8 Å². The van der Waals surface area contributed by atoms with Crippen LogP contribution in [0.5, 0.6) is 5.88 Å². The lowest BCUT2D eigenvalue weighted by atomic mass is 10.0. The maximum Gasteiger partial charge on any atom is 0.224 e. The summed E-state index contributed by atoms with van der Waals surface area (Å²) >= 11 is 0. The van der Waals surface area contributed by atoms with E-state index in [2.05, 4.69) is 5.32 Å². The van der Waals surface area contributed by atoms with E-state index >= 15 is 0 Å². The minimum atomic E-state index is -0.393. The van der Waals surface area contributed by atoms with Crippen LogP contribution in [0.15, 0.2) is 48.5 Å². The number of carbonyl (C=O) groups is 1. The van der Waals surface area contributed by atoms with Gasteiger partial charge in [0.15, 0.2) is 5.65 Å². The first kappa shape index (κ1) is 21.5. The van der Waals surface area contributed by atoms with Crippen LogP contribution < -0.4 is 10.1 Å². The number of fused-ring (bicyclic) bond motifs is 1. The summed E-state index contributed by atoms with van der Waals surface area (Å²) in [5, 5.41) is 8.39. The molecule has 2 heterocycles. The number of carbonyl (C=O) groups excluding carboxylic acids is 1. The van der Waals surface area contributed by atoms with Crippen molar-refractivity contribution in [3.05, 3.63) is 76.7 Å². The number of anilines is 1. The molecule has 0 aliphatic heterocycles. The number of benzene rings is 2. The molecule has 0 saturated carbocycles. The number of rotatable bonds is 6. The molecule has 6 nitrogen and oxygen atoms in total. The Morgan fingerprint density at radius 2 is 1.88 bits per heavy atom. The Hall–Kier alpha value is -3.74. The first-order valence-corrected chi connectivity index (χ1v) is 10.4. The van der Waals surface area contributed by atoms with Crippen molar-refractivity contribution in [2.24, 2.45) is 0 Å². The van der Waals surface area contributed by atoms with Gasteiger partial charge in [0.1, 0.15) is 5.82 Å². The maximum atomic E-state index is 13.4. The highest BCUT2D eigenvalue weighted by molar-refractivity contribution is 5.91. The summed E-state index contributed by atoms with van der Waals surface area (Å²) in [5.41, 5.74) is 5.95. The molecule has 1 N–H and O–H groups in total. The van der Waals surface area contributed by atoms with Crippen molar-refractivity contribution >= 4 is 22.6 Å². The molecule has 32 heavy (non-hydrogen) atoms. The molecule has 2 aromatic carbocycles. The van der Waals surface area contributed by atoms with Gasteiger partial charge in [-0.25, -0.2) is 9.07 Å². The number of hydrogen-bond donors (Lipinski definition) is 1. The van der Waals surface area contributed by atoms with Crippen LogP contribution in [0.25, 0.3) is 16.7 Å². The molecule has 2 aromatic heterocycles. The molecule has 4 rings (SSSR count). The van der Waals surface area contributed by atoms with Crippen LogP contribution in [0, 0.1) is 26.6 Å². The third-order valence-electron chi connectivity index (χ3n) is 5.51. The molecule has 4 aromatic rings. The van der Waals surface area contributed by atoms with E-state index in [-0.39, 0.29) is 12.3 Å². The van der Waals surface area contributed by atoms with Crippen LogP contribution in [0.1, 0.15) is 28.8 Å². The number of nitrogens with zero attached hydrogens (tertiary/aromatic N) is 3. The molecule has 0 saturated heterocycles. The van der Waals surface area contributed by atoms with Crippen molar-refractivity contribution in [3.8, 4) is 11.6 Å². The maximum absolute atomic E-state index is 13.4. The quantitative estimate of drug-likeness (QED) is 0.462. The number of ether oxygens (including phenoxy) is 1. The van der Waals surface area contributed by atoms with Gasteiger partial charge in [-0.05, 0) is 63.1 Å². The van der Waals surface area contributed by atoms with Crippen molar-refractivity contribution in [2.45, 2.75) is 33.6 Å². The predicted octanol–water partition coefficient (Wildman–Crippen LogP) is 5.06. The second-order valence-electron chi connectivity index (χ2n) is 7.81. The summed E-state index contributed by atoms with van der Waals surface area (Å²) in [6.07, 6.45) is 0.653. The van der Waals surface area contributed by atoms with Crippen LogP contribution in [-0.4, -0.2) is 27.8 Å². The van der Waals surface area contributed by atoms with Crippen LogP contribution in [0.2, 0.25) is 0 Å². The van der Waals surface area contributed by atoms with E-state index < -0.39 is 5.82 Å². The second-order valence-corrected chi connectivity index (χ2v) is 7.81. The van der Waals surface area contributed by atoms with Crippen molar-refractivity contribution in [3.63, 3.8) is 0 Å². The molecule has 0 atom stereocenters. The molecular formula is C25H25FN4O2. The van der Waals surface area contributed by atoms with Crippen molar-refractivity contribution in [1.29, 1.82) is 0 Å². The van der Waals surface area contributed by atoms with Gasteiger partial charge in [-0.2, -0.15) is 10.1 Å². The fraction of sp³-hybridized carbons (Fsp3) is 0.240. The lowest BCUT2D eigenvalue weighted by Crippen LogP contribution is -2.13. The van der Waals surface area contributed by atoms with E-state index in [9.17, 15) is 9.18 Å². The monoisotopic (exact) mass is 432 g/mol. The molecule has 0 aliphatic rings. The summed E-state index contributed by atoms with van der Waals surface area (Å²) in [6, 6.07) is 13.9. The highest BCUT2D eigenvalue weighted by Crippen LogP contribution is 2.32. The summed E-state index contributed by atoms with van der Waals surface area (Å²) in [4.78, 5) is 17.2. The number of aryl methyl sites for hydroxylation is 3. The van der Waals surface area contributed by atoms with Crippen molar-refractivity contribution < 1.29 is 13.9 Å². The lowest BCUT2D eigenvalue weighted by molar-refractivity contribution is -0.116. The van der Waals surface area contributed by atoms with Crippen molar-refractivity contribution in [2.75, 3.05) is 12.4 Å². The fourth-order valence-electron chi connectivity index (χ4n) is 3.89. The predicted molar refractivity (Wildman–Crippen MR) is 123 cm³/mol. The molecule has 0 radical (unpaired) electrons. The Labute approximate surface area is 186 Å². The lowest BCUT2D eigenvalue weighted by Gasteiger charge is -2.13. The van der Waals surface area contributed by atoms with Crippen LogP contribution >= 0.6 is 0 Å². The topological polar surface area (TPSA) is 69.0 Å². The molecule has 164 valence electrons. The van der Waals surface area contributed by atoms with Crippen LogP contribution in [0.3, 0.4) is 0 Å². The van der Waals surface area contributed by atoms with Gasteiger partial charge in [-0.3, -0.25) is 4.79 Å². The fourth-order valence-corrected chi connectivity index (χ4v) is 3.89. The number of methoxy groups -OCH3 is 1. The van der Waals surface area contributed by atoms with E-state index in [1.54, 1.807) is 19.2 Å². The highest BCUT2D eigenvalue weighted by atomic mass is 19.1. The summed E-state index contributed by atoms with van der Waals surface area (Å²) in [7, 11) is 1.57. The summed E-state index contributed by atoms with van der Waals surface area (Å²) in [5.74, 6) is -0.123. The Bertz CT molecular complexity index is 1300. The van der Waals surface area contributed by atoms with Gasteiger partial charge >= 0.3 is 0 Å². The third kappa shape index (κ3) is 4.19. The number of aromatic nitrogens is 3. The highest BCUT2D eigenvalue weighted by Gasteiger charge is 2.20. The van der Waals surface area contributed by atoms with Gasteiger partial charge in [-0.1, -0.05) is 23.8 Å². The first-order chi connectivity index (χ1) is 15.4. The summed E-state index contributed by atoms with van der Waals surface area (Å²) in [6.45, 7) is 5.99. The zero-order valence-corrected chi connectivity index (χ0v) is 18.6. The molecule has 1 amide bonds. The zero-order valence-electron chi connectivity index (χ0n) is 18.6. The van der Waals surface area contributed by atoms with Gasteiger partial charge in [-0.15, -0.1) is 0 Å². The number of amides is 1. The molecule has 0 bridgehead atoms. The summed E-state index contributed by atoms with van der Waals surface area (Å²) < 4.78 is 20.8. The van der Waals surface area contributed by atoms with E-state index in [4.69, 9.17) is 14.8 Å². The van der Waals surface area contributed by atoms with Gasteiger partial charge in [0.25, 0.3) is 0 Å². The normalized spacial score (nSPS) is 11.0. The van der Waals surface area contributed by atoms with E-state index in [0.29, 0.717) is 23.6 Å². The third-order valence-corrected chi connectivity index (χ3v) is 5.51. The number of halogens is 1. The molecule has 0 unspecified atom stereocenters. The molecule has 0 fully saturated rings. The Morgan fingerprint density at radius 1 is 1.12 bits per heavy atom. The molecule has 0 aliphatic carbocycles. The zero-order chi connectivity index (χ0) is 22.8. The standard InChI is InChI=1S/C25H25FN4O2/c1-15-8-10-20(11-9-15)30-24-23(17(3)29-30)16(2)21(25(28-24)32-4)12-13-22(31)27-19-7-5-6-18(26)14-19/h5-11,14H,12-13H2,1-4H3,(H,27,31). The van der Waals surface area contributed by atoms with Gasteiger partial charge in [0.2, 0.25) is 11.8 Å². The number of pyridine rings is 1. The van der Waals surface area contributed by atoms with Gasteiger partial charge < -0.3 is 10.1 Å². The molecule has 0 spiro atoms. The molecule has 7 heteroatoms. The minimum absolute atomic E-state index is 0.204. The van der Waals surface area contributed by atoms with Gasteiger partial charge in [0.05, 0.1) is 18.5 Å². The van der Waals surface area contributed by atoms with Crippen LogP contribution in [-0.2, 0) is 11.2 Å². The van der Waals surface area contributed by atoms with Crippen LogP contribution in [0.4, 0.5) is 10.1 Å². The van der Waals surface area contributed by atoms with E-state index in [1.807, 2.05) is 49.7 Å². The van der Waals surface area contributed by atoms with E-state index in [0.717, 1.165) is 27.9 Å². The smallest absolute Gasteiger partial charge is 0.224 e. The number of hydrogen-bond acceptors (Lipinski definition) is 4. The van der Waals surface area contributed by atoms with Gasteiger partial charge in [0, 0.05) is 23.1 Å². The Balaban J connectivity index is 1.65. The largest absolute Gasteiger partial charge is 0.481 e. The average molecular weight is 432 g/mol.